The molecule has 0 radical (unpaired) electrons. The third kappa shape index (κ3) is 3.94. The fraction of sp³-hybridized carbons (Fsp3) is 0.810. The van der Waals surface area contributed by atoms with Gasteiger partial charge in [-0.05, 0) is 50.0 Å². The second kappa shape index (κ2) is 8.52. The molecule has 0 aromatic rings. The summed E-state index contributed by atoms with van der Waals surface area (Å²) in [5, 5.41) is 49.6. The standard InChI is InChI=1S/C21H34O7/c1-11-4-5-16(23)21(3)7-6-13(8-14(11)21)12(2)10-27-20-19(26)18(25)17(24)15(9-22)28-20/h4,13-20,22-26H,2,5-10H2,1,3H3/t13?,14?,15-,16?,17-,18+,19-,20-,21?/m1/s1. The van der Waals surface area contributed by atoms with Crippen LogP contribution in [0.4, 0.5) is 0 Å². The molecule has 28 heavy (non-hydrogen) atoms. The van der Waals surface area contributed by atoms with E-state index in [4.69, 9.17) is 9.47 Å². The number of rotatable bonds is 5. The van der Waals surface area contributed by atoms with Gasteiger partial charge < -0.3 is 35.0 Å². The maximum atomic E-state index is 10.5. The number of hydrogen-bond acceptors (Lipinski definition) is 7. The van der Waals surface area contributed by atoms with Crippen molar-refractivity contribution in [2.45, 2.75) is 76.3 Å². The van der Waals surface area contributed by atoms with Gasteiger partial charge in [0.15, 0.2) is 6.29 Å². The first-order chi connectivity index (χ1) is 13.2. The molecule has 2 fully saturated rings. The van der Waals surface area contributed by atoms with Crippen molar-refractivity contribution >= 4 is 0 Å². The summed E-state index contributed by atoms with van der Waals surface area (Å²) in [6.45, 7) is 8.13. The van der Waals surface area contributed by atoms with Gasteiger partial charge in [-0.3, -0.25) is 0 Å². The van der Waals surface area contributed by atoms with Crippen LogP contribution in [-0.2, 0) is 9.47 Å². The predicted molar refractivity (Wildman–Crippen MR) is 102 cm³/mol. The van der Waals surface area contributed by atoms with Crippen LogP contribution in [0.3, 0.4) is 0 Å². The van der Waals surface area contributed by atoms with Gasteiger partial charge >= 0.3 is 0 Å². The Labute approximate surface area is 166 Å². The Morgan fingerprint density at radius 3 is 2.64 bits per heavy atom. The van der Waals surface area contributed by atoms with Gasteiger partial charge in [0.1, 0.15) is 24.4 Å². The first kappa shape index (κ1) is 21.9. The van der Waals surface area contributed by atoms with E-state index in [1.54, 1.807) is 0 Å². The molecule has 1 aliphatic heterocycles. The molecule has 2 aliphatic carbocycles. The normalized spacial score (nSPS) is 46.6. The molecule has 5 N–H and O–H groups in total. The zero-order chi connectivity index (χ0) is 20.6. The third-order valence-corrected chi connectivity index (χ3v) is 7.18. The molecule has 3 rings (SSSR count). The van der Waals surface area contributed by atoms with Crippen molar-refractivity contribution in [1.82, 2.24) is 0 Å². The summed E-state index contributed by atoms with van der Waals surface area (Å²) in [6, 6.07) is 0. The Hall–Kier alpha value is -0.800. The number of aliphatic hydroxyl groups is 5. The van der Waals surface area contributed by atoms with Crippen LogP contribution in [0.25, 0.3) is 0 Å². The van der Waals surface area contributed by atoms with Crippen LogP contribution < -0.4 is 0 Å². The highest BCUT2D eigenvalue weighted by atomic mass is 16.7. The summed E-state index contributed by atoms with van der Waals surface area (Å²) in [7, 11) is 0. The van der Waals surface area contributed by atoms with Gasteiger partial charge in [-0.1, -0.05) is 25.2 Å². The zero-order valence-corrected chi connectivity index (χ0v) is 16.7. The van der Waals surface area contributed by atoms with Gasteiger partial charge in [0, 0.05) is 5.41 Å². The lowest BCUT2D eigenvalue weighted by atomic mass is 9.56. The summed E-state index contributed by atoms with van der Waals surface area (Å²) in [5.74, 6) is 0.538. The molecule has 7 nitrogen and oxygen atoms in total. The van der Waals surface area contributed by atoms with E-state index in [-0.39, 0.29) is 24.0 Å². The van der Waals surface area contributed by atoms with Crippen molar-refractivity contribution in [2.75, 3.05) is 13.2 Å². The molecule has 160 valence electrons. The molecule has 0 aromatic carbocycles. The van der Waals surface area contributed by atoms with Gasteiger partial charge in [0.2, 0.25) is 0 Å². The van der Waals surface area contributed by atoms with Crippen LogP contribution in [0.2, 0.25) is 0 Å². The van der Waals surface area contributed by atoms with E-state index >= 15 is 0 Å². The first-order valence-electron chi connectivity index (χ1n) is 10.1. The average molecular weight is 398 g/mol. The van der Waals surface area contributed by atoms with Crippen LogP contribution in [0.1, 0.15) is 39.5 Å². The minimum absolute atomic E-state index is 0.103. The summed E-state index contributed by atoms with van der Waals surface area (Å²) in [5.41, 5.74) is 2.10. The minimum Gasteiger partial charge on any atom is -0.394 e. The monoisotopic (exact) mass is 398 g/mol. The van der Waals surface area contributed by atoms with E-state index in [0.717, 1.165) is 24.8 Å². The molecule has 0 amide bonds. The second-order valence-corrected chi connectivity index (χ2v) is 8.90. The van der Waals surface area contributed by atoms with Crippen LogP contribution in [0.15, 0.2) is 23.8 Å². The number of hydrogen-bond donors (Lipinski definition) is 5. The lowest BCUT2D eigenvalue weighted by Crippen LogP contribution is -2.59. The van der Waals surface area contributed by atoms with Crippen molar-refractivity contribution in [3.63, 3.8) is 0 Å². The molecule has 4 unspecified atom stereocenters. The molecule has 0 aromatic heterocycles. The predicted octanol–water partition coefficient (Wildman–Crippen LogP) is 0.493. The summed E-state index contributed by atoms with van der Waals surface area (Å²) in [4.78, 5) is 0. The minimum atomic E-state index is -1.45. The fourth-order valence-electron chi connectivity index (χ4n) is 5.03. The van der Waals surface area contributed by atoms with Crippen LogP contribution >= 0.6 is 0 Å². The molecule has 1 heterocycles. The van der Waals surface area contributed by atoms with Gasteiger partial charge in [0.05, 0.1) is 19.3 Å². The Morgan fingerprint density at radius 2 is 1.96 bits per heavy atom. The first-order valence-corrected chi connectivity index (χ1v) is 10.1. The van der Waals surface area contributed by atoms with E-state index in [2.05, 4.69) is 26.5 Å². The molecular formula is C21H34O7. The molecule has 3 aliphatic rings. The summed E-state index contributed by atoms with van der Waals surface area (Å²) >= 11 is 0. The Bertz CT molecular complexity index is 604. The lowest BCUT2D eigenvalue weighted by Gasteiger charge is -2.50. The highest BCUT2D eigenvalue weighted by Crippen LogP contribution is 2.53. The van der Waals surface area contributed by atoms with Crippen molar-refractivity contribution in [3.05, 3.63) is 23.8 Å². The van der Waals surface area contributed by atoms with Crippen molar-refractivity contribution in [2.24, 2.45) is 17.3 Å². The largest absolute Gasteiger partial charge is 0.394 e. The Balaban J connectivity index is 1.58. The van der Waals surface area contributed by atoms with Gasteiger partial charge in [0.25, 0.3) is 0 Å². The maximum Gasteiger partial charge on any atom is 0.187 e. The zero-order valence-electron chi connectivity index (χ0n) is 16.7. The second-order valence-electron chi connectivity index (χ2n) is 8.90. The van der Waals surface area contributed by atoms with Crippen LogP contribution in [0, 0.1) is 17.3 Å². The molecule has 1 saturated carbocycles. The van der Waals surface area contributed by atoms with Gasteiger partial charge in [-0.2, -0.15) is 0 Å². The highest BCUT2D eigenvalue weighted by Gasteiger charge is 2.48. The molecule has 7 heteroatoms. The summed E-state index contributed by atoms with van der Waals surface area (Å²) in [6.07, 6.45) is -1.13. The van der Waals surface area contributed by atoms with E-state index in [1.165, 1.54) is 5.57 Å². The van der Waals surface area contributed by atoms with E-state index < -0.39 is 37.3 Å². The Kier molecular flexibility index (Phi) is 6.66. The Morgan fingerprint density at radius 1 is 1.25 bits per heavy atom. The SMILES string of the molecule is C=C(CO[C@@H]1O[C@H](CO)[C@@H](O)[C@H](O)[C@H]1O)C1CCC2(C)C(O)CC=C(C)C2C1. The molecule has 1 saturated heterocycles. The average Bonchev–Trinajstić information content (AvgIpc) is 2.68. The van der Waals surface area contributed by atoms with E-state index in [0.29, 0.717) is 12.3 Å². The van der Waals surface area contributed by atoms with Crippen molar-refractivity contribution in [1.29, 1.82) is 0 Å². The van der Waals surface area contributed by atoms with Crippen molar-refractivity contribution < 1.29 is 35.0 Å². The lowest BCUT2D eigenvalue weighted by molar-refractivity contribution is -0.299. The molecule has 0 spiro atoms. The number of allylic oxidation sites excluding steroid dienone is 1. The smallest absolute Gasteiger partial charge is 0.187 e. The fourth-order valence-corrected chi connectivity index (χ4v) is 5.03. The third-order valence-electron chi connectivity index (χ3n) is 7.18. The summed E-state index contributed by atoms with van der Waals surface area (Å²) < 4.78 is 11.0. The maximum absolute atomic E-state index is 10.5. The molecular weight excluding hydrogens is 364 g/mol. The van der Waals surface area contributed by atoms with Crippen LogP contribution in [0.5, 0.6) is 0 Å². The number of aliphatic hydroxyl groups excluding tert-OH is 5. The number of ether oxygens (including phenoxy) is 2. The quantitative estimate of drug-likeness (QED) is 0.428. The van der Waals surface area contributed by atoms with Crippen LogP contribution in [-0.4, -0.2) is 75.6 Å². The van der Waals surface area contributed by atoms with Crippen molar-refractivity contribution in [3.8, 4) is 0 Å². The molecule has 9 atom stereocenters. The topological polar surface area (TPSA) is 120 Å². The molecule has 0 bridgehead atoms. The van der Waals surface area contributed by atoms with Gasteiger partial charge in [-0.25, -0.2) is 0 Å². The van der Waals surface area contributed by atoms with E-state index in [1.807, 2.05) is 0 Å². The highest BCUT2D eigenvalue weighted by molar-refractivity contribution is 5.20. The van der Waals surface area contributed by atoms with E-state index in [9.17, 15) is 25.5 Å². The van der Waals surface area contributed by atoms with Gasteiger partial charge in [-0.15, -0.1) is 0 Å². The number of fused-ring (bicyclic) bond motifs is 1.